The van der Waals surface area contributed by atoms with Gasteiger partial charge in [0.1, 0.15) is 12.1 Å². The van der Waals surface area contributed by atoms with Crippen LogP contribution in [0.1, 0.15) is 38.4 Å². The molecule has 0 bridgehead atoms. The molecule has 1 N–H and O–H groups in total. The molecular formula is C30H23F3N4O2. The molecule has 39 heavy (non-hydrogen) atoms. The van der Waals surface area contributed by atoms with Crippen LogP contribution in [0, 0.1) is 0 Å². The fourth-order valence-electron chi connectivity index (χ4n) is 5.74. The average molecular weight is 529 g/mol. The minimum absolute atomic E-state index is 0.153. The predicted molar refractivity (Wildman–Crippen MR) is 138 cm³/mol. The van der Waals surface area contributed by atoms with E-state index in [1.54, 1.807) is 0 Å². The van der Waals surface area contributed by atoms with E-state index in [9.17, 15) is 23.1 Å². The van der Waals surface area contributed by atoms with Gasteiger partial charge in [0.15, 0.2) is 5.69 Å². The number of nitrogens with zero attached hydrogens (tertiary/aromatic N) is 4. The minimum atomic E-state index is -4.58. The third-order valence-electron chi connectivity index (χ3n) is 7.21. The Kier molecular flexibility index (Phi) is 5.86. The lowest BCUT2D eigenvalue weighted by Gasteiger charge is -2.38. The minimum Gasteiger partial charge on any atom is -0.476 e. The van der Waals surface area contributed by atoms with Crippen LogP contribution in [0.15, 0.2) is 97.2 Å². The Morgan fingerprint density at radius 2 is 1.33 bits per heavy atom. The standard InChI is InChI=1S/C30H23F3N4O2/c31-29(32,33)19-36-27-23(26(35-36)28(38)39)16-17-25-24(27)18-34-37(25)30(20-10-4-1-5-11-20,21-12-6-2-7-13-21)22-14-8-3-9-15-22/h1-15,18H,16-17,19H2,(H,38,39). The number of hydrogen-bond acceptors (Lipinski definition) is 3. The van der Waals surface area contributed by atoms with E-state index in [4.69, 9.17) is 5.10 Å². The van der Waals surface area contributed by atoms with Gasteiger partial charge in [-0.15, -0.1) is 0 Å². The molecule has 0 aliphatic heterocycles. The summed E-state index contributed by atoms with van der Waals surface area (Å²) in [5.41, 5.74) is 3.08. The Labute approximate surface area is 222 Å². The lowest BCUT2D eigenvalue weighted by Crippen LogP contribution is -2.40. The first-order valence-electron chi connectivity index (χ1n) is 12.4. The molecule has 0 atom stereocenters. The van der Waals surface area contributed by atoms with Crippen molar-refractivity contribution in [3.05, 3.63) is 131 Å². The lowest BCUT2D eigenvalue weighted by molar-refractivity contribution is -0.142. The van der Waals surface area contributed by atoms with E-state index in [2.05, 4.69) is 5.10 Å². The number of rotatable bonds is 6. The first kappa shape index (κ1) is 24.7. The molecule has 1 aliphatic rings. The zero-order chi connectivity index (χ0) is 27.2. The van der Waals surface area contributed by atoms with Gasteiger partial charge in [-0.05, 0) is 29.5 Å². The van der Waals surface area contributed by atoms with E-state index in [-0.39, 0.29) is 17.8 Å². The van der Waals surface area contributed by atoms with Crippen LogP contribution >= 0.6 is 0 Å². The number of carboxylic acids is 1. The molecule has 0 amide bonds. The molecule has 3 aromatic carbocycles. The van der Waals surface area contributed by atoms with Crippen LogP contribution in [-0.4, -0.2) is 36.8 Å². The maximum absolute atomic E-state index is 13.5. The monoisotopic (exact) mass is 528 g/mol. The number of hydrogen-bond donors (Lipinski definition) is 1. The molecule has 2 aromatic heterocycles. The molecule has 2 heterocycles. The normalized spacial score (nSPS) is 13.1. The van der Waals surface area contributed by atoms with Gasteiger partial charge < -0.3 is 5.11 Å². The number of carboxylic acid groups (broad SMARTS) is 1. The molecule has 0 saturated heterocycles. The zero-order valence-corrected chi connectivity index (χ0v) is 20.6. The molecule has 5 aromatic rings. The van der Waals surface area contributed by atoms with Gasteiger partial charge in [0.2, 0.25) is 0 Å². The summed E-state index contributed by atoms with van der Waals surface area (Å²) in [5.74, 6) is -1.35. The van der Waals surface area contributed by atoms with Crippen molar-refractivity contribution in [1.29, 1.82) is 0 Å². The molecule has 196 valence electrons. The average Bonchev–Trinajstić information content (AvgIpc) is 3.52. The summed E-state index contributed by atoms with van der Waals surface area (Å²) in [7, 11) is 0. The number of aromatic carboxylic acids is 1. The van der Waals surface area contributed by atoms with Crippen molar-refractivity contribution in [3.8, 4) is 11.3 Å². The van der Waals surface area contributed by atoms with Crippen molar-refractivity contribution >= 4 is 5.97 Å². The Bertz CT molecular complexity index is 1550. The number of carbonyl (C=O) groups is 1. The van der Waals surface area contributed by atoms with E-state index in [1.807, 2.05) is 95.7 Å². The van der Waals surface area contributed by atoms with Crippen LogP contribution in [0.5, 0.6) is 0 Å². The summed E-state index contributed by atoms with van der Waals surface area (Å²) >= 11 is 0. The van der Waals surface area contributed by atoms with Gasteiger partial charge in [-0.2, -0.15) is 23.4 Å². The van der Waals surface area contributed by atoms with Crippen molar-refractivity contribution in [2.24, 2.45) is 0 Å². The first-order valence-corrected chi connectivity index (χ1v) is 12.4. The van der Waals surface area contributed by atoms with Gasteiger partial charge >= 0.3 is 12.1 Å². The van der Waals surface area contributed by atoms with Gasteiger partial charge in [0, 0.05) is 16.8 Å². The smallest absolute Gasteiger partial charge is 0.408 e. The van der Waals surface area contributed by atoms with Gasteiger partial charge in [-0.1, -0.05) is 91.0 Å². The van der Waals surface area contributed by atoms with Gasteiger partial charge in [-0.25, -0.2) is 9.48 Å². The van der Waals surface area contributed by atoms with E-state index in [0.717, 1.165) is 21.4 Å². The van der Waals surface area contributed by atoms with E-state index in [0.29, 0.717) is 23.2 Å². The summed E-state index contributed by atoms with van der Waals surface area (Å²) < 4.78 is 43.2. The van der Waals surface area contributed by atoms with Crippen LogP contribution in [-0.2, 0) is 24.9 Å². The summed E-state index contributed by atoms with van der Waals surface area (Å²) in [6.45, 7) is -1.39. The van der Waals surface area contributed by atoms with E-state index in [1.165, 1.54) is 6.20 Å². The highest BCUT2D eigenvalue weighted by molar-refractivity contribution is 5.90. The molecule has 0 unspecified atom stereocenters. The largest absolute Gasteiger partial charge is 0.476 e. The van der Waals surface area contributed by atoms with Crippen LogP contribution < -0.4 is 0 Å². The third-order valence-corrected chi connectivity index (χ3v) is 7.21. The molecule has 0 spiro atoms. The van der Waals surface area contributed by atoms with Crippen molar-refractivity contribution in [2.45, 2.75) is 31.1 Å². The zero-order valence-electron chi connectivity index (χ0n) is 20.6. The number of aromatic nitrogens is 4. The second-order valence-corrected chi connectivity index (χ2v) is 9.48. The molecule has 1 aliphatic carbocycles. The van der Waals surface area contributed by atoms with Crippen molar-refractivity contribution in [3.63, 3.8) is 0 Å². The Hall–Kier alpha value is -4.66. The number of alkyl halides is 3. The molecule has 6 nitrogen and oxygen atoms in total. The van der Waals surface area contributed by atoms with Crippen LogP contribution in [0.2, 0.25) is 0 Å². The van der Waals surface area contributed by atoms with Crippen LogP contribution in [0.25, 0.3) is 11.3 Å². The first-order chi connectivity index (χ1) is 18.8. The highest BCUT2D eigenvalue weighted by Crippen LogP contribution is 2.45. The fourth-order valence-corrected chi connectivity index (χ4v) is 5.74. The van der Waals surface area contributed by atoms with Crippen molar-refractivity contribution < 1.29 is 23.1 Å². The van der Waals surface area contributed by atoms with E-state index >= 15 is 0 Å². The maximum atomic E-state index is 13.5. The Morgan fingerprint density at radius 3 is 1.79 bits per heavy atom. The molecule has 0 fully saturated rings. The molecule has 0 saturated carbocycles. The Morgan fingerprint density at radius 1 is 0.821 bits per heavy atom. The fraction of sp³-hybridized carbons (Fsp3) is 0.167. The molecular weight excluding hydrogens is 505 g/mol. The second-order valence-electron chi connectivity index (χ2n) is 9.48. The molecule has 6 rings (SSSR count). The summed E-state index contributed by atoms with van der Waals surface area (Å²) in [6.07, 6.45) is -2.43. The van der Waals surface area contributed by atoms with Gasteiger partial charge in [-0.3, -0.25) is 4.68 Å². The van der Waals surface area contributed by atoms with Crippen molar-refractivity contribution in [1.82, 2.24) is 19.6 Å². The predicted octanol–water partition coefficient (Wildman–Crippen LogP) is 5.95. The topological polar surface area (TPSA) is 72.9 Å². The molecule has 9 heteroatoms. The lowest BCUT2D eigenvalue weighted by atomic mass is 9.76. The number of fused-ring (bicyclic) bond motifs is 3. The third kappa shape index (κ3) is 4.01. The van der Waals surface area contributed by atoms with Crippen LogP contribution in [0.3, 0.4) is 0 Å². The summed E-state index contributed by atoms with van der Waals surface area (Å²) in [5, 5.41) is 18.4. The quantitative estimate of drug-likeness (QED) is 0.277. The Balaban J connectivity index is 1.67. The number of benzene rings is 3. The summed E-state index contributed by atoms with van der Waals surface area (Å²) in [6, 6.07) is 29.5. The van der Waals surface area contributed by atoms with Gasteiger partial charge in [0.05, 0.1) is 11.9 Å². The second kappa shape index (κ2) is 9.27. The van der Waals surface area contributed by atoms with E-state index < -0.39 is 24.2 Å². The maximum Gasteiger partial charge on any atom is 0.408 e. The highest BCUT2D eigenvalue weighted by atomic mass is 19.4. The molecule has 0 radical (unpaired) electrons. The highest BCUT2D eigenvalue weighted by Gasteiger charge is 2.43. The SMILES string of the molecule is O=C(O)c1nn(CC(F)(F)F)c2c1CCc1c-2cnn1C(c1ccccc1)(c1ccccc1)c1ccccc1. The van der Waals surface area contributed by atoms with Crippen LogP contribution in [0.4, 0.5) is 13.2 Å². The van der Waals surface area contributed by atoms with Crippen molar-refractivity contribution in [2.75, 3.05) is 0 Å². The summed E-state index contributed by atoms with van der Waals surface area (Å²) in [4.78, 5) is 11.9. The van der Waals surface area contributed by atoms with Gasteiger partial charge in [0.25, 0.3) is 0 Å². The number of halogens is 3.